The maximum absolute atomic E-state index is 12.5. The molecule has 0 unspecified atom stereocenters. The highest BCUT2D eigenvalue weighted by atomic mass is 16.5. The van der Waals surface area contributed by atoms with E-state index in [9.17, 15) is 14.4 Å². The van der Waals surface area contributed by atoms with E-state index in [2.05, 4.69) is 34.9 Å². The molecule has 2 aromatic rings. The molecule has 0 aromatic heterocycles. The Hall–Kier alpha value is -3.35. The zero-order valence-electron chi connectivity index (χ0n) is 19.4. The number of aliphatic carboxylic acids is 1. The van der Waals surface area contributed by atoms with Crippen molar-refractivity contribution < 1.29 is 24.2 Å². The lowest BCUT2D eigenvalue weighted by molar-refractivity contribution is -0.137. The van der Waals surface area contributed by atoms with E-state index in [4.69, 9.17) is 9.84 Å². The van der Waals surface area contributed by atoms with Gasteiger partial charge in [-0.1, -0.05) is 61.9 Å². The molecule has 3 rings (SSSR count). The predicted octanol–water partition coefficient (Wildman–Crippen LogP) is 4.45. The second-order valence-electron chi connectivity index (χ2n) is 9.16. The lowest BCUT2D eigenvalue weighted by atomic mass is 9.98. The lowest BCUT2D eigenvalue weighted by Gasteiger charge is -2.27. The summed E-state index contributed by atoms with van der Waals surface area (Å²) in [6.45, 7) is 5.60. The number of nitrogens with one attached hydrogen (secondary N) is 2. The topological polar surface area (TPSA) is 105 Å². The number of ether oxygens (including phenoxy) is 1. The van der Waals surface area contributed by atoms with E-state index in [0.717, 1.165) is 28.7 Å². The van der Waals surface area contributed by atoms with Gasteiger partial charge in [0.1, 0.15) is 6.61 Å². The number of fused-ring (bicyclic) bond motifs is 3. The number of rotatable bonds is 10. The van der Waals surface area contributed by atoms with Gasteiger partial charge in [-0.25, -0.2) is 4.79 Å². The fourth-order valence-electron chi connectivity index (χ4n) is 4.42. The molecule has 2 aromatic carbocycles. The van der Waals surface area contributed by atoms with Crippen LogP contribution in [0.3, 0.4) is 0 Å². The van der Waals surface area contributed by atoms with E-state index in [1.165, 1.54) is 0 Å². The van der Waals surface area contributed by atoms with Gasteiger partial charge in [-0.3, -0.25) is 9.59 Å². The van der Waals surface area contributed by atoms with Crippen molar-refractivity contribution in [1.82, 2.24) is 10.6 Å². The van der Waals surface area contributed by atoms with E-state index in [0.29, 0.717) is 6.42 Å². The third kappa shape index (κ3) is 6.34. The van der Waals surface area contributed by atoms with Crippen LogP contribution in [0.1, 0.15) is 63.5 Å². The molecule has 0 bridgehead atoms. The van der Waals surface area contributed by atoms with Crippen LogP contribution in [-0.4, -0.2) is 41.3 Å². The summed E-state index contributed by atoms with van der Waals surface area (Å²) in [5.41, 5.74) is 3.72. The predicted molar refractivity (Wildman–Crippen MR) is 126 cm³/mol. The van der Waals surface area contributed by atoms with Gasteiger partial charge in [0.15, 0.2) is 0 Å². The lowest BCUT2D eigenvalue weighted by Crippen LogP contribution is -2.48. The summed E-state index contributed by atoms with van der Waals surface area (Å²) < 4.78 is 5.57. The number of amides is 2. The van der Waals surface area contributed by atoms with E-state index in [1.54, 1.807) is 13.8 Å². The Kier molecular flexibility index (Phi) is 7.74. The minimum Gasteiger partial charge on any atom is -0.481 e. The highest BCUT2D eigenvalue weighted by Crippen LogP contribution is 2.44. The van der Waals surface area contributed by atoms with Crippen molar-refractivity contribution in [2.75, 3.05) is 6.61 Å². The van der Waals surface area contributed by atoms with E-state index in [1.807, 2.05) is 31.2 Å². The summed E-state index contributed by atoms with van der Waals surface area (Å²) in [7, 11) is 0. The fourth-order valence-corrected chi connectivity index (χ4v) is 4.42. The second-order valence-corrected chi connectivity index (χ2v) is 9.16. The number of benzene rings is 2. The van der Waals surface area contributed by atoms with Gasteiger partial charge in [0.25, 0.3) is 0 Å². The Morgan fingerprint density at radius 1 is 1.03 bits per heavy atom. The van der Waals surface area contributed by atoms with Crippen molar-refractivity contribution in [3.05, 3.63) is 59.7 Å². The quantitative estimate of drug-likeness (QED) is 0.494. The number of carbonyl (C=O) groups is 3. The van der Waals surface area contributed by atoms with Crippen LogP contribution in [0.25, 0.3) is 11.1 Å². The Balaban J connectivity index is 1.56. The van der Waals surface area contributed by atoms with Gasteiger partial charge in [-0.15, -0.1) is 0 Å². The van der Waals surface area contributed by atoms with Gasteiger partial charge in [-0.2, -0.15) is 0 Å². The number of alkyl carbamates (subject to hydrolysis) is 1. The number of carboxylic acid groups (broad SMARTS) is 1. The molecule has 0 saturated carbocycles. The Morgan fingerprint density at radius 3 is 2.15 bits per heavy atom. The van der Waals surface area contributed by atoms with E-state index in [-0.39, 0.29) is 31.3 Å². The maximum atomic E-state index is 12.5. The van der Waals surface area contributed by atoms with Gasteiger partial charge in [-0.05, 0) is 42.5 Å². The normalized spacial score (nSPS) is 13.5. The molecule has 0 saturated heterocycles. The molecule has 1 aliphatic rings. The average molecular weight is 453 g/mol. The highest BCUT2D eigenvalue weighted by Gasteiger charge is 2.30. The standard InChI is InChI=1S/C26H32N2O5/c1-4-9-17(14-24(30)31)27-23(29)15-26(2,3)28-25(32)33-16-22-20-12-7-5-10-18(20)19-11-6-8-13-21(19)22/h5-8,10-13,17,22H,4,9,14-16H2,1-3H3,(H,27,29)(H,28,32)(H,30,31)/t17-/m1/s1. The number of hydrogen-bond acceptors (Lipinski definition) is 4. The highest BCUT2D eigenvalue weighted by molar-refractivity contribution is 5.80. The fraction of sp³-hybridized carbons (Fsp3) is 0.423. The molecule has 3 N–H and O–H groups in total. The molecule has 0 heterocycles. The van der Waals surface area contributed by atoms with Crippen LogP contribution in [0.15, 0.2) is 48.5 Å². The second kappa shape index (κ2) is 10.5. The molecule has 0 aliphatic heterocycles. The average Bonchev–Trinajstić information content (AvgIpc) is 3.05. The van der Waals surface area contributed by atoms with E-state index < -0.39 is 23.6 Å². The third-order valence-corrected chi connectivity index (χ3v) is 5.81. The zero-order valence-corrected chi connectivity index (χ0v) is 19.4. The van der Waals surface area contributed by atoms with Crippen molar-refractivity contribution >= 4 is 18.0 Å². The van der Waals surface area contributed by atoms with Crippen molar-refractivity contribution in [2.45, 2.75) is 64.0 Å². The summed E-state index contributed by atoms with van der Waals surface area (Å²) in [4.78, 5) is 36.0. The summed E-state index contributed by atoms with van der Waals surface area (Å²) in [5.74, 6) is -1.30. The molecule has 2 amide bonds. The summed E-state index contributed by atoms with van der Waals surface area (Å²) in [6.07, 6.45) is 0.639. The van der Waals surface area contributed by atoms with Crippen molar-refractivity contribution in [3.8, 4) is 11.1 Å². The molecule has 1 aliphatic carbocycles. The van der Waals surface area contributed by atoms with Crippen molar-refractivity contribution in [1.29, 1.82) is 0 Å². The monoisotopic (exact) mass is 452 g/mol. The van der Waals surface area contributed by atoms with Crippen LogP contribution in [0.5, 0.6) is 0 Å². The van der Waals surface area contributed by atoms with Crippen molar-refractivity contribution in [2.24, 2.45) is 0 Å². The third-order valence-electron chi connectivity index (χ3n) is 5.81. The molecule has 0 radical (unpaired) electrons. The maximum Gasteiger partial charge on any atom is 0.407 e. The minimum absolute atomic E-state index is 0.0109. The van der Waals surface area contributed by atoms with Crippen LogP contribution in [0.2, 0.25) is 0 Å². The summed E-state index contributed by atoms with van der Waals surface area (Å²) in [5, 5.41) is 14.6. The Morgan fingerprint density at radius 2 is 1.61 bits per heavy atom. The van der Waals surface area contributed by atoms with Gasteiger partial charge in [0.05, 0.1) is 6.42 Å². The Labute approximate surface area is 194 Å². The minimum atomic E-state index is -0.954. The molecule has 176 valence electrons. The first kappa shape index (κ1) is 24.3. The SMILES string of the molecule is CCC[C@H](CC(=O)O)NC(=O)CC(C)(C)NC(=O)OCC1c2ccccc2-c2ccccc21. The Bertz CT molecular complexity index is 972. The number of carboxylic acids is 1. The first-order valence-electron chi connectivity index (χ1n) is 11.3. The largest absolute Gasteiger partial charge is 0.481 e. The molecule has 33 heavy (non-hydrogen) atoms. The summed E-state index contributed by atoms with van der Waals surface area (Å²) in [6, 6.07) is 15.8. The first-order chi connectivity index (χ1) is 15.7. The molecular formula is C26H32N2O5. The van der Waals surface area contributed by atoms with Crippen LogP contribution in [-0.2, 0) is 14.3 Å². The van der Waals surface area contributed by atoms with Crippen LogP contribution in [0.4, 0.5) is 4.79 Å². The van der Waals surface area contributed by atoms with Crippen LogP contribution in [0, 0.1) is 0 Å². The zero-order chi connectivity index (χ0) is 24.0. The van der Waals surface area contributed by atoms with E-state index >= 15 is 0 Å². The van der Waals surface area contributed by atoms with Crippen molar-refractivity contribution in [3.63, 3.8) is 0 Å². The molecule has 7 nitrogen and oxygen atoms in total. The van der Waals surface area contributed by atoms with Crippen LogP contribution >= 0.6 is 0 Å². The molecule has 1 atom stereocenters. The number of carbonyl (C=O) groups excluding carboxylic acids is 2. The van der Waals surface area contributed by atoms with Gasteiger partial charge < -0.3 is 20.5 Å². The summed E-state index contributed by atoms with van der Waals surface area (Å²) >= 11 is 0. The van der Waals surface area contributed by atoms with Gasteiger partial charge in [0, 0.05) is 23.9 Å². The molecule has 0 spiro atoms. The smallest absolute Gasteiger partial charge is 0.407 e. The molecule has 7 heteroatoms. The number of hydrogen-bond donors (Lipinski definition) is 3. The van der Waals surface area contributed by atoms with Crippen LogP contribution < -0.4 is 10.6 Å². The first-order valence-corrected chi connectivity index (χ1v) is 11.3. The van der Waals surface area contributed by atoms with Gasteiger partial charge in [0.2, 0.25) is 5.91 Å². The molecule has 0 fully saturated rings. The molecular weight excluding hydrogens is 420 g/mol. The van der Waals surface area contributed by atoms with Gasteiger partial charge >= 0.3 is 12.1 Å².